The molecule has 0 aromatic heterocycles. The van der Waals surface area contributed by atoms with E-state index in [1.165, 1.54) is 0 Å². The zero-order valence-corrected chi connectivity index (χ0v) is 14.4. The van der Waals surface area contributed by atoms with Crippen molar-refractivity contribution in [2.45, 2.75) is 12.8 Å². The number of carboxylic acids is 1. The molecule has 2 aromatic carbocycles. The van der Waals surface area contributed by atoms with Crippen molar-refractivity contribution in [1.82, 2.24) is 5.32 Å². The first-order chi connectivity index (χ1) is 12.6. The van der Waals surface area contributed by atoms with Gasteiger partial charge in [0.15, 0.2) is 0 Å². The van der Waals surface area contributed by atoms with E-state index in [4.69, 9.17) is 4.74 Å². The molecule has 6 heteroatoms. The first-order valence-corrected chi connectivity index (χ1v) is 8.61. The zero-order valence-electron chi connectivity index (χ0n) is 14.4. The summed E-state index contributed by atoms with van der Waals surface area (Å²) < 4.78 is 5.27. The molecule has 136 valence electrons. The van der Waals surface area contributed by atoms with Crippen molar-refractivity contribution in [1.29, 1.82) is 0 Å². The number of hydrogen-bond donors (Lipinski definition) is 3. The highest BCUT2D eigenvalue weighted by atomic mass is 16.5. The molecule has 1 amide bonds. The number of aliphatic carboxylic acids is 1. The average molecular weight is 354 g/mol. The van der Waals surface area contributed by atoms with Gasteiger partial charge in [0.25, 0.3) is 5.91 Å². The molecule has 6 nitrogen and oxygen atoms in total. The van der Waals surface area contributed by atoms with Gasteiger partial charge in [-0.05, 0) is 37.1 Å². The van der Waals surface area contributed by atoms with Crippen molar-refractivity contribution in [3.8, 4) is 0 Å². The summed E-state index contributed by atoms with van der Waals surface area (Å²) in [5, 5.41) is 15.6. The van der Waals surface area contributed by atoms with E-state index in [0.717, 1.165) is 5.69 Å². The van der Waals surface area contributed by atoms with Gasteiger partial charge in [-0.2, -0.15) is 0 Å². The van der Waals surface area contributed by atoms with Crippen LogP contribution >= 0.6 is 0 Å². The Hall–Kier alpha value is -2.86. The van der Waals surface area contributed by atoms with E-state index in [1.54, 1.807) is 12.1 Å². The Morgan fingerprint density at radius 3 is 2.35 bits per heavy atom. The highest BCUT2D eigenvalue weighted by Gasteiger charge is 2.40. The van der Waals surface area contributed by atoms with E-state index >= 15 is 0 Å². The fourth-order valence-corrected chi connectivity index (χ4v) is 3.04. The molecular weight excluding hydrogens is 332 g/mol. The summed E-state index contributed by atoms with van der Waals surface area (Å²) >= 11 is 0. The van der Waals surface area contributed by atoms with Crippen molar-refractivity contribution >= 4 is 23.3 Å². The molecule has 1 aliphatic rings. The van der Waals surface area contributed by atoms with Gasteiger partial charge in [0.05, 0.1) is 16.7 Å². The molecule has 26 heavy (non-hydrogen) atoms. The van der Waals surface area contributed by atoms with Crippen molar-refractivity contribution in [3.05, 3.63) is 60.2 Å². The van der Waals surface area contributed by atoms with Crippen molar-refractivity contribution < 1.29 is 19.4 Å². The first kappa shape index (κ1) is 17.9. The third-order valence-corrected chi connectivity index (χ3v) is 4.72. The third kappa shape index (κ3) is 4.03. The van der Waals surface area contributed by atoms with Crippen LogP contribution in [0.25, 0.3) is 0 Å². The first-order valence-electron chi connectivity index (χ1n) is 8.61. The second-order valence-corrected chi connectivity index (χ2v) is 6.42. The second kappa shape index (κ2) is 8.01. The number of benzene rings is 2. The molecule has 2 aromatic rings. The number of para-hydroxylation sites is 2. The summed E-state index contributed by atoms with van der Waals surface area (Å²) in [7, 11) is 0. The maximum atomic E-state index is 12.7. The number of rotatable bonds is 6. The van der Waals surface area contributed by atoms with E-state index in [0.29, 0.717) is 37.3 Å². The van der Waals surface area contributed by atoms with Gasteiger partial charge in [-0.15, -0.1) is 0 Å². The standard InChI is InChI=1S/C20H22N2O4/c23-18(21-14-20(19(24)25)10-12-26-13-11-20)16-8-4-5-9-17(16)22-15-6-2-1-3-7-15/h1-9,22H,10-14H2,(H,21,23)(H,24,25). The fraction of sp³-hybridized carbons (Fsp3) is 0.300. The highest BCUT2D eigenvalue weighted by molar-refractivity contribution is 6.00. The van der Waals surface area contributed by atoms with Gasteiger partial charge in [-0.25, -0.2) is 0 Å². The van der Waals surface area contributed by atoms with Crippen LogP contribution in [0.15, 0.2) is 54.6 Å². The number of ether oxygens (including phenoxy) is 1. The molecule has 0 unspecified atom stereocenters. The number of anilines is 2. The molecule has 0 radical (unpaired) electrons. The summed E-state index contributed by atoms with van der Waals surface area (Å²) in [5.74, 6) is -1.19. The third-order valence-electron chi connectivity index (χ3n) is 4.72. The lowest BCUT2D eigenvalue weighted by Crippen LogP contribution is -2.46. The molecule has 0 bridgehead atoms. The Morgan fingerprint density at radius 1 is 1.00 bits per heavy atom. The van der Waals surface area contributed by atoms with Gasteiger partial charge >= 0.3 is 5.97 Å². The van der Waals surface area contributed by atoms with Gasteiger partial charge in [0.2, 0.25) is 0 Å². The summed E-state index contributed by atoms with van der Waals surface area (Å²) in [6.45, 7) is 0.882. The van der Waals surface area contributed by atoms with E-state index in [9.17, 15) is 14.7 Å². The molecule has 0 atom stereocenters. The van der Waals surface area contributed by atoms with Crippen LogP contribution in [0.3, 0.4) is 0 Å². The van der Waals surface area contributed by atoms with Crippen LogP contribution in [0.5, 0.6) is 0 Å². The zero-order chi connectivity index (χ0) is 18.4. The van der Waals surface area contributed by atoms with Crippen LogP contribution in [-0.2, 0) is 9.53 Å². The van der Waals surface area contributed by atoms with Crippen LogP contribution in [0, 0.1) is 5.41 Å². The highest BCUT2D eigenvalue weighted by Crippen LogP contribution is 2.30. The van der Waals surface area contributed by atoms with E-state index in [-0.39, 0.29) is 12.5 Å². The fourth-order valence-electron chi connectivity index (χ4n) is 3.04. The minimum Gasteiger partial charge on any atom is -0.481 e. The second-order valence-electron chi connectivity index (χ2n) is 6.42. The quantitative estimate of drug-likeness (QED) is 0.742. The predicted octanol–water partition coefficient (Wildman–Crippen LogP) is 3.04. The van der Waals surface area contributed by atoms with Crippen LogP contribution < -0.4 is 10.6 Å². The van der Waals surface area contributed by atoms with Crippen molar-refractivity contribution in [3.63, 3.8) is 0 Å². The lowest BCUT2D eigenvalue weighted by molar-refractivity contribution is -0.154. The minimum absolute atomic E-state index is 0.0875. The maximum Gasteiger partial charge on any atom is 0.311 e. The van der Waals surface area contributed by atoms with Gasteiger partial charge in [0.1, 0.15) is 0 Å². The molecule has 3 N–H and O–H groups in total. The number of carboxylic acid groups (broad SMARTS) is 1. The monoisotopic (exact) mass is 354 g/mol. The molecule has 1 fully saturated rings. The number of amides is 1. The Morgan fingerprint density at radius 2 is 1.65 bits per heavy atom. The molecule has 3 rings (SSSR count). The smallest absolute Gasteiger partial charge is 0.311 e. The molecule has 1 heterocycles. The largest absolute Gasteiger partial charge is 0.481 e. The Bertz CT molecular complexity index is 770. The van der Waals surface area contributed by atoms with E-state index in [2.05, 4.69) is 10.6 Å². The topological polar surface area (TPSA) is 87.7 Å². The van der Waals surface area contributed by atoms with E-state index < -0.39 is 11.4 Å². The average Bonchev–Trinajstić information content (AvgIpc) is 2.68. The SMILES string of the molecule is O=C(NCC1(C(=O)O)CCOCC1)c1ccccc1Nc1ccccc1. The Kier molecular flexibility index (Phi) is 5.53. The van der Waals surface area contributed by atoms with Crippen molar-refractivity contribution in [2.75, 3.05) is 25.1 Å². The predicted molar refractivity (Wildman–Crippen MR) is 98.6 cm³/mol. The summed E-state index contributed by atoms with van der Waals surface area (Å²) in [5.41, 5.74) is 1.06. The van der Waals surface area contributed by atoms with Crippen LogP contribution in [0.2, 0.25) is 0 Å². The van der Waals surface area contributed by atoms with Crippen LogP contribution in [-0.4, -0.2) is 36.7 Å². The normalized spacial score (nSPS) is 15.8. The van der Waals surface area contributed by atoms with Gasteiger partial charge in [-0.1, -0.05) is 30.3 Å². The number of carbonyl (C=O) groups is 2. The molecular formula is C20H22N2O4. The van der Waals surface area contributed by atoms with Gasteiger partial charge < -0.3 is 20.5 Å². The molecule has 0 aliphatic carbocycles. The minimum atomic E-state index is -0.963. The number of hydrogen-bond acceptors (Lipinski definition) is 4. The van der Waals surface area contributed by atoms with Crippen LogP contribution in [0.1, 0.15) is 23.2 Å². The molecule has 1 aliphatic heterocycles. The van der Waals surface area contributed by atoms with E-state index in [1.807, 2.05) is 42.5 Å². The Balaban J connectivity index is 1.73. The lowest BCUT2D eigenvalue weighted by atomic mass is 9.80. The molecule has 0 spiro atoms. The maximum absolute atomic E-state index is 12.7. The molecule has 0 saturated carbocycles. The van der Waals surface area contributed by atoms with Gasteiger partial charge in [-0.3, -0.25) is 9.59 Å². The van der Waals surface area contributed by atoms with Crippen LogP contribution in [0.4, 0.5) is 11.4 Å². The molecule has 1 saturated heterocycles. The summed E-state index contributed by atoms with van der Waals surface area (Å²) in [6, 6.07) is 16.7. The summed E-state index contributed by atoms with van der Waals surface area (Å²) in [4.78, 5) is 24.4. The number of carbonyl (C=O) groups excluding carboxylic acids is 1. The summed E-state index contributed by atoms with van der Waals surface area (Å²) in [6.07, 6.45) is 0.791. The number of nitrogens with one attached hydrogen (secondary N) is 2. The van der Waals surface area contributed by atoms with Gasteiger partial charge in [0, 0.05) is 25.4 Å². The Labute approximate surface area is 152 Å². The van der Waals surface area contributed by atoms with Crippen molar-refractivity contribution in [2.24, 2.45) is 5.41 Å². The lowest BCUT2D eigenvalue weighted by Gasteiger charge is -2.33.